The first-order chi connectivity index (χ1) is 19.3. The summed E-state index contributed by atoms with van der Waals surface area (Å²) in [7, 11) is -3.48. The van der Waals surface area contributed by atoms with Crippen LogP contribution in [0.5, 0.6) is 0 Å². The van der Waals surface area contributed by atoms with Gasteiger partial charge >= 0.3 is 0 Å². The molecule has 2 N–H and O–H groups in total. The summed E-state index contributed by atoms with van der Waals surface area (Å²) in [6.07, 6.45) is 6.27. The Hall–Kier alpha value is -3.48. The van der Waals surface area contributed by atoms with E-state index in [1.54, 1.807) is 0 Å². The van der Waals surface area contributed by atoms with Crippen LogP contribution in [0.15, 0.2) is 35.2 Å². The number of sulfone groups is 1. The third-order valence-electron chi connectivity index (χ3n) is 7.81. The van der Waals surface area contributed by atoms with Gasteiger partial charge in [0.05, 0.1) is 41.7 Å². The second kappa shape index (κ2) is 9.86. The number of hydrogen-bond acceptors (Lipinski definition) is 9. The molecule has 1 aliphatic carbocycles. The van der Waals surface area contributed by atoms with Crippen molar-refractivity contribution >= 4 is 44.0 Å². The second-order valence-electron chi connectivity index (χ2n) is 10.9. The average molecular weight is 564 g/mol. The number of aryl methyl sites for hydroxylation is 1. The molecule has 0 radical (unpaired) electrons. The van der Waals surface area contributed by atoms with Crippen LogP contribution in [-0.2, 0) is 32.5 Å². The Bertz CT molecular complexity index is 1680. The number of aromatic nitrogens is 5. The lowest BCUT2D eigenvalue weighted by molar-refractivity contribution is -0.0308. The topological polar surface area (TPSA) is 125 Å². The molecule has 4 aromatic rings. The van der Waals surface area contributed by atoms with Crippen molar-refractivity contribution in [1.29, 1.82) is 0 Å². The van der Waals surface area contributed by atoms with Gasteiger partial charge in [0, 0.05) is 25.0 Å². The minimum absolute atomic E-state index is 0.157. The number of benzene rings is 1. The van der Waals surface area contributed by atoms with Gasteiger partial charge in [0.15, 0.2) is 21.3 Å². The summed E-state index contributed by atoms with van der Waals surface area (Å²) < 4.78 is 41.4. The Morgan fingerprint density at radius 1 is 0.975 bits per heavy atom. The number of imidazole rings is 1. The van der Waals surface area contributed by atoms with Gasteiger partial charge in [-0.2, -0.15) is 5.10 Å². The molecule has 5 heterocycles. The van der Waals surface area contributed by atoms with Gasteiger partial charge in [0.25, 0.3) is 0 Å². The molecule has 1 unspecified atom stereocenters. The molecule has 1 saturated heterocycles. The number of ether oxygens (including phenoxy) is 2. The van der Waals surface area contributed by atoms with Gasteiger partial charge in [-0.1, -0.05) is 6.07 Å². The van der Waals surface area contributed by atoms with Crippen molar-refractivity contribution in [1.82, 2.24) is 24.3 Å². The smallest absolute Gasteiger partial charge is 0.177 e. The molecule has 12 heteroatoms. The number of nitrogens with zero attached hydrogens (tertiary/aromatic N) is 5. The van der Waals surface area contributed by atoms with E-state index < -0.39 is 9.84 Å². The van der Waals surface area contributed by atoms with Crippen molar-refractivity contribution in [3.05, 3.63) is 47.4 Å². The van der Waals surface area contributed by atoms with Gasteiger partial charge in [-0.15, -0.1) is 0 Å². The maximum absolute atomic E-state index is 12.9. The van der Waals surface area contributed by atoms with Crippen LogP contribution in [0.25, 0.3) is 11.2 Å². The number of hydrogen-bond donors (Lipinski definition) is 2. The minimum atomic E-state index is -3.48. The van der Waals surface area contributed by atoms with Gasteiger partial charge in [-0.25, -0.2) is 18.4 Å². The lowest BCUT2D eigenvalue weighted by Crippen LogP contribution is -2.19. The van der Waals surface area contributed by atoms with E-state index in [1.165, 1.54) is 6.26 Å². The van der Waals surface area contributed by atoms with Crippen LogP contribution in [0.4, 0.5) is 23.0 Å². The summed E-state index contributed by atoms with van der Waals surface area (Å²) in [6, 6.07) is 9.51. The molecular weight excluding hydrogens is 530 g/mol. The van der Waals surface area contributed by atoms with Gasteiger partial charge < -0.3 is 20.1 Å². The molecule has 0 bridgehead atoms. The quantitative estimate of drug-likeness (QED) is 0.322. The predicted molar refractivity (Wildman–Crippen MR) is 151 cm³/mol. The van der Waals surface area contributed by atoms with Gasteiger partial charge in [0.1, 0.15) is 23.4 Å². The standard InChI is InChI=1S/C28H33N7O4S/c1-17-29-27-22(30-21-9-8-19(18-6-7-18)13-23(21)40(2,36)37)15-24(31-25-14-20-16-38-12-10-34(20)33-25)32-28(27)35(17)26-5-3-4-11-39-26/h8-9,13-15,18,26H,3-7,10-12,16H2,1-2H3,(H2,30,31,32,33). The molecular formula is C28H33N7O4S. The second-order valence-corrected chi connectivity index (χ2v) is 12.9. The lowest BCUT2D eigenvalue weighted by atomic mass is 10.1. The van der Waals surface area contributed by atoms with E-state index in [0.717, 1.165) is 49.2 Å². The van der Waals surface area contributed by atoms with Gasteiger partial charge in [-0.3, -0.25) is 9.25 Å². The maximum atomic E-state index is 12.9. The van der Waals surface area contributed by atoms with E-state index in [9.17, 15) is 8.42 Å². The van der Waals surface area contributed by atoms with Crippen LogP contribution in [0.1, 0.15) is 61.3 Å². The highest BCUT2D eigenvalue weighted by atomic mass is 32.2. The Labute approximate surface area is 232 Å². The first kappa shape index (κ1) is 25.5. The predicted octanol–water partition coefficient (Wildman–Crippen LogP) is 4.93. The van der Waals surface area contributed by atoms with Crippen molar-refractivity contribution in [2.45, 2.75) is 69.2 Å². The first-order valence-corrected chi connectivity index (χ1v) is 15.8. The van der Waals surface area contributed by atoms with Crippen LogP contribution in [-0.4, -0.2) is 52.2 Å². The fourth-order valence-electron chi connectivity index (χ4n) is 5.65. The van der Waals surface area contributed by atoms with Crippen LogP contribution < -0.4 is 10.6 Å². The maximum Gasteiger partial charge on any atom is 0.177 e. The molecule has 40 heavy (non-hydrogen) atoms. The SMILES string of the molecule is Cc1nc2c(Nc3ccc(C4CC4)cc3S(C)(=O)=O)cc(Nc3cc4n(n3)CCOC4)nc2n1C1CCCCO1. The number of fused-ring (bicyclic) bond motifs is 2. The van der Waals surface area contributed by atoms with E-state index in [0.29, 0.717) is 66.5 Å². The highest BCUT2D eigenvalue weighted by molar-refractivity contribution is 7.90. The summed E-state index contributed by atoms with van der Waals surface area (Å²) in [6.45, 7) is 4.50. The van der Waals surface area contributed by atoms with E-state index >= 15 is 0 Å². The van der Waals surface area contributed by atoms with E-state index in [1.807, 2.05) is 46.5 Å². The summed E-state index contributed by atoms with van der Waals surface area (Å²) in [5.41, 5.74) is 4.55. The molecule has 11 nitrogen and oxygen atoms in total. The van der Waals surface area contributed by atoms with E-state index in [-0.39, 0.29) is 11.1 Å². The van der Waals surface area contributed by atoms with Crippen molar-refractivity contribution in [2.75, 3.05) is 30.1 Å². The molecule has 1 aromatic carbocycles. The molecule has 210 valence electrons. The molecule has 1 atom stereocenters. The van der Waals surface area contributed by atoms with E-state index in [2.05, 4.69) is 15.7 Å². The monoisotopic (exact) mass is 563 g/mol. The Kier molecular flexibility index (Phi) is 6.28. The summed E-state index contributed by atoms with van der Waals surface area (Å²) in [4.78, 5) is 10.1. The Morgan fingerprint density at radius 3 is 2.60 bits per heavy atom. The highest BCUT2D eigenvalue weighted by Gasteiger charge is 2.27. The molecule has 2 aliphatic heterocycles. The van der Waals surface area contributed by atoms with Crippen LogP contribution >= 0.6 is 0 Å². The lowest BCUT2D eigenvalue weighted by Gasteiger charge is -2.25. The average Bonchev–Trinajstić information content (AvgIpc) is 3.61. The number of pyridine rings is 1. The summed E-state index contributed by atoms with van der Waals surface area (Å²) >= 11 is 0. The van der Waals surface area contributed by atoms with Crippen molar-refractivity contribution in [2.24, 2.45) is 0 Å². The normalized spacial score (nSPS) is 19.5. The van der Waals surface area contributed by atoms with Crippen LogP contribution in [0, 0.1) is 6.92 Å². The van der Waals surface area contributed by atoms with Crippen LogP contribution in [0.2, 0.25) is 0 Å². The fourth-order valence-corrected chi connectivity index (χ4v) is 6.52. The third-order valence-corrected chi connectivity index (χ3v) is 8.95. The van der Waals surface area contributed by atoms with Crippen molar-refractivity contribution < 1.29 is 17.9 Å². The summed E-state index contributed by atoms with van der Waals surface area (Å²) in [5.74, 6) is 2.47. The van der Waals surface area contributed by atoms with E-state index in [4.69, 9.17) is 19.4 Å². The van der Waals surface area contributed by atoms with Crippen LogP contribution in [0.3, 0.4) is 0 Å². The van der Waals surface area contributed by atoms with Crippen molar-refractivity contribution in [3.8, 4) is 0 Å². The van der Waals surface area contributed by atoms with Gasteiger partial charge in [-0.05, 0) is 62.6 Å². The first-order valence-electron chi connectivity index (χ1n) is 13.9. The third kappa shape index (κ3) is 4.84. The number of nitrogens with one attached hydrogen (secondary N) is 2. The Balaban J connectivity index is 1.33. The molecule has 3 aromatic heterocycles. The molecule has 3 aliphatic rings. The molecule has 2 fully saturated rings. The largest absolute Gasteiger partial charge is 0.373 e. The summed E-state index contributed by atoms with van der Waals surface area (Å²) in [5, 5.41) is 11.4. The molecule has 7 rings (SSSR count). The van der Waals surface area contributed by atoms with Crippen molar-refractivity contribution in [3.63, 3.8) is 0 Å². The molecule has 0 amide bonds. The zero-order valence-electron chi connectivity index (χ0n) is 22.7. The molecule has 0 spiro atoms. The molecule has 1 saturated carbocycles. The number of rotatable bonds is 7. The Morgan fingerprint density at radius 2 is 1.85 bits per heavy atom. The zero-order chi connectivity index (χ0) is 27.4. The zero-order valence-corrected chi connectivity index (χ0v) is 23.5. The minimum Gasteiger partial charge on any atom is -0.373 e. The highest BCUT2D eigenvalue weighted by Crippen LogP contribution is 2.42. The number of anilines is 4. The fraction of sp³-hybridized carbons (Fsp3) is 0.464. The van der Waals surface area contributed by atoms with Gasteiger partial charge in [0.2, 0.25) is 0 Å².